The molecule has 2 aromatic rings. The first-order chi connectivity index (χ1) is 11.1. The van der Waals surface area contributed by atoms with Crippen molar-refractivity contribution in [1.29, 1.82) is 0 Å². The summed E-state index contributed by atoms with van der Waals surface area (Å²) in [6.07, 6.45) is 2.51. The Morgan fingerprint density at radius 3 is 2.38 bits per heavy atom. The van der Waals surface area contributed by atoms with Crippen molar-refractivity contribution in [2.75, 3.05) is 13.4 Å². The molecule has 9 nitrogen and oxygen atoms in total. The summed E-state index contributed by atoms with van der Waals surface area (Å²) in [6, 6.07) is 2.00. The summed E-state index contributed by atoms with van der Waals surface area (Å²) < 4.78 is 30.2. The number of benzene rings is 1. The van der Waals surface area contributed by atoms with Crippen molar-refractivity contribution >= 4 is 21.5 Å². The number of ether oxygens (including phenoxy) is 1. The number of carbonyl (C=O) groups excluding carboxylic acids is 1. The summed E-state index contributed by atoms with van der Waals surface area (Å²) in [5, 5.41) is 11.3. The third-order valence-corrected chi connectivity index (χ3v) is 4.47. The zero-order chi connectivity index (χ0) is 18.2. The average molecular weight is 353 g/mol. The maximum absolute atomic E-state index is 12.1. The van der Waals surface area contributed by atoms with E-state index < -0.39 is 32.0 Å². The lowest BCUT2D eigenvalue weighted by Gasteiger charge is -2.12. The molecule has 0 radical (unpaired) electrons. The van der Waals surface area contributed by atoms with Crippen LogP contribution in [0, 0.1) is 24.0 Å². The largest absolute Gasteiger partial charge is 0.465 e. The van der Waals surface area contributed by atoms with Gasteiger partial charge in [0, 0.05) is 18.5 Å². The molecule has 128 valence electrons. The van der Waals surface area contributed by atoms with E-state index in [0.29, 0.717) is 11.5 Å². The molecular formula is C14H15N3O6S. The predicted octanol–water partition coefficient (Wildman–Crippen LogP) is 1.59. The van der Waals surface area contributed by atoms with Crippen molar-refractivity contribution in [3.63, 3.8) is 0 Å². The molecule has 0 aliphatic rings. The first-order valence-corrected chi connectivity index (χ1v) is 8.59. The second-order valence-electron chi connectivity index (χ2n) is 5.16. The predicted molar refractivity (Wildman–Crippen MR) is 84.1 cm³/mol. The van der Waals surface area contributed by atoms with Crippen molar-refractivity contribution in [3.8, 4) is 5.69 Å². The third kappa shape index (κ3) is 3.13. The van der Waals surface area contributed by atoms with E-state index >= 15 is 0 Å². The Balaban J connectivity index is 2.93. The highest BCUT2D eigenvalue weighted by Gasteiger charge is 2.28. The second kappa shape index (κ2) is 6.04. The first-order valence-electron chi connectivity index (χ1n) is 6.70. The van der Waals surface area contributed by atoms with Gasteiger partial charge in [-0.15, -0.1) is 0 Å². The summed E-state index contributed by atoms with van der Waals surface area (Å²) in [6.45, 7) is 3.35. The molecule has 1 aromatic carbocycles. The van der Waals surface area contributed by atoms with E-state index in [4.69, 9.17) is 0 Å². The topological polar surface area (TPSA) is 121 Å². The Morgan fingerprint density at radius 1 is 1.33 bits per heavy atom. The van der Waals surface area contributed by atoms with Crippen LogP contribution in [0.2, 0.25) is 0 Å². The normalized spacial score (nSPS) is 11.3. The van der Waals surface area contributed by atoms with Crippen LogP contribution in [0.3, 0.4) is 0 Å². The van der Waals surface area contributed by atoms with Crippen molar-refractivity contribution in [2.24, 2.45) is 0 Å². The Labute approximate surface area is 138 Å². The SMILES string of the molecule is COC(=O)c1cc(S(C)(=O)=O)c(-n2cc(C)nc2C)cc1[N+](=O)[O-]. The lowest BCUT2D eigenvalue weighted by atomic mass is 10.1. The molecule has 0 fully saturated rings. The fourth-order valence-electron chi connectivity index (χ4n) is 2.33. The molecule has 0 unspecified atom stereocenters. The van der Waals surface area contributed by atoms with Gasteiger partial charge in [-0.25, -0.2) is 18.2 Å². The highest BCUT2D eigenvalue weighted by molar-refractivity contribution is 7.90. The number of imidazole rings is 1. The lowest BCUT2D eigenvalue weighted by molar-refractivity contribution is -0.385. The molecule has 0 N–H and O–H groups in total. The van der Waals surface area contributed by atoms with Crippen LogP contribution < -0.4 is 0 Å². The van der Waals surface area contributed by atoms with Crippen LogP contribution in [0.5, 0.6) is 0 Å². The minimum Gasteiger partial charge on any atom is -0.465 e. The Kier molecular flexibility index (Phi) is 4.43. The highest BCUT2D eigenvalue weighted by atomic mass is 32.2. The molecule has 0 bridgehead atoms. The first kappa shape index (κ1) is 17.6. The molecule has 24 heavy (non-hydrogen) atoms. The molecule has 10 heteroatoms. The van der Waals surface area contributed by atoms with Crippen LogP contribution in [-0.4, -0.2) is 42.2 Å². The van der Waals surface area contributed by atoms with E-state index in [9.17, 15) is 23.3 Å². The zero-order valence-corrected chi connectivity index (χ0v) is 14.2. The molecule has 0 aliphatic heterocycles. The van der Waals surface area contributed by atoms with E-state index in [-0.39, 0.29) is 10.6 Å². The number of nitro benzene ring substituents is 1. The summed E-state index contributed by atoms with van der Waals surface area (Å²) in [7, 11) is -2.72. The van der Waals surface area contributed by atoms with E-state index in [2.05, 4.69) is 9.72 Å². The maximum Gasteiger partial charge on any atom is 0.344 e. The third-order valence-electron chi connectivity index (χ3n) is 3.34. The minimum absolute atomic E-state index is 0.0509. The monoisotopic (exact) mass is 353 g/mol. The number of carbonyl (C=O) groups is 1. The van der Waals surface area contributed by atoms with Crippen LogP contribution >= 0.6 is 0 Å². The number of aromatic nitrogens is 2. The van der Waals surface area contributed by atoms with Crippen LogP contribution in [-0.2, 0) is 14.6 Å². The molecule has 0 aliphatic carbocycles. The Hall–Kier alpha value is -2.75. The molecule has 2 rings (SSSR count). The number of hydrogen-bond donors (Lipinski definition) is 0. The van der Waals surface area contributed by atoms with Gasteiger partial charge in [0.1, 0.15) is 11.4 Å². The molecule has 0 saturated heterocycles. The maximum atomic E-state index is 12.1. The number of methoxy groups -OCH3 is 1. The molecular weight excluding hydrogens is 338 g/mol. The minimum atomic E-state index is -3.77. The molecule has 1 heterocycles. The standard InChI is InChI=1S/C14H15N3O6S/c1-8-7-16(9(2)15-8)12-6-11(17(19)20)10(14(18)23-3)5-13(12)24(4,21)22/h5-7H,1-4H3. The van der Waals surface area contributed by atoms with Gasteiger partial charge in [-0.3, -0.25) is 10.1 Å². The van der Waals surface area contributed by atoms with E-state index in [1.54, 1.807) is 20.0 Å². The van der Waals surface area contributed by atoms with Gasteiger partial charge in [-0.2, -0.15) is 0 Å². The molecule has 0 atom stereocenters. The quantitative estimate of drug-likeness (QED) is 0.465. The van der Waals surface area contributed by atoms with Gasteiger partial charge in [-0.05, 0) is 19.9 Å². The van der Waals surface area contributed by atoms with Gasteiger partial charge < -0.3 is 9.30 Å². The number of nitrogens with zero attached hydrogens (tertiary/aromatic N) is 3. The van der Waals surface area contributed by atoms with Gasteiger partial charge >= 0.3 is 5.97 Å². The van der Waals surface area contributed by atoms with E-state index in [1.165, 1.54) is 4.57 Å². The number of rotatable bonds is 4. The zero-order valence-electron chi connectivity index (χ0n) is 13.4. The van der Waals surface area contributed by atoms with E-state index in [1.807, 2.05) is 0 Å². The van der Waals surface area contributed by atoms with E-state index in [0.717, 1.165) is 25.5 Å². The second-order valence-corrected chi connectivity index (χ2v) is 7.14. The number of esters is 1. The van der Waals surface area contributed by atoms with Gasteiger partial charge in [0.2, 0.25) is 0 Å². The fraction of sp³-hybridized carbons (Fsp3) is 0.286. The number of aryl methyl sites for hydroxylation is 2. The molecule has 0 amide bonds. The van der Waals surface area contributed by atoms with Crippen molar-refractivity contribution < 1.29 is 22.9 Å². The van der Waals surface area contributed by atoms with Crippen LogP contribution in [0.1, 0.15) is 21.9 Å². The van der Waals surface area contributed by atoms with Crippen molar-refractivity contribution in [2.45, 2.75) is 18.7 Å². The fourth-order valence-corrected chi connectivity index (χ4v) is 3.20. The summed E-state index contributed by atoms with van der Waals surface area (Å²) in [5.41, 5.74) is -0.308. The van der Waals surface area contributed by atoms with Crippen LogP contribution in [0.25, 0.3) is 5.69 Å². The molecule has 0 spiro atoms. The van der Waals surface area contributed by atoms with Gasteiger partial charge in [0.15, 0.2) is 9.84 Å². The summed E-state index contributed by atoms with van der Waals surface area (Å²) >= 11 is 0. The highest BCUT2D eigenvalue weighted by Crippen LogP contribution is 2.30. The Morgan fingerprint density at radius 2 is 1.96 bits per heavy atom. The number of hydrogen-bond acceptors (Lipinski definition) is 7. The molecule has 0 saturated carbocycles. The number of sulfone groups is 1. The Bertz CT molecular complexity index is 946. The average Bonchev–Trinajstić information content (AvgIpc) is 2.82. The van der Waals surface area contributed by atoms with Crippen molar-refractivity contribution in [1.82, 2.24) is 9.55 Å². The van der Waals surface area contributed by atoms with Crippen LogP contribution in [0.15, 0.2) is 23.2 Å². The lowest BCUT2D eigenvalue weighted by Crippen LogP contribution is -2.12. The van der Waals surface area contributed by atoms with Crippen LogP contribution in [0.4, 0.5) is 5.69 Å². The van der Waals surface area contributed by atoms with Gasteiger partial charge in [0.25, 0.3) is 5.69 Å². The summed E-state index contributed by atoms with van der Waals surface area (Å²) in [4.78, 5) is 26.3. The van der Waals surface area contributed by atoms with Crippen molar-refractivity contribution in [3.05, 3.63) is 45.5 Å². The summed E-state index contributed by atoms with van der Waals surface area (Å²) in [5.74, 6) is -0.533. The molecule has 1 aromatic heterocycles. The van der Waals surface area contributed by atoms with Gasteiger partial charge in [0.05, 0.1) is 28.3 Å². The smallest absolute Gasteiger partial charge is 0.344 e. The number of nitro groups is 1. The van der Waals surface area contributed by atoms with Gasteiger partial charge in [-0.1, -0.05) is 0 Å².